The molecule has 0 spiro atoms. The van der Waals surface area contributed by atoms with E-state index >= 15 is 0 Å². The van der Waals surface area contributed by atoms with Crippen molar-refractivity contribution >= 4 is 29.2 Å². The van der Waals surface area contributed by atoms with Gasteiger partial charge in [-0.1, -0.05) is 52.3 Å². The van der Waals surface area contributed by atoms with Crippen molar-refractivity contribution in [3.05, 3.63) is 75.0 Å². The fourth-order valence-corrected chi connectivity index (χ4v) is 4.11. The summed E-state index contributed by atoms with van der Waals surface area (Å²) in [7, 11) is 0. The molecule has 170 valence electrons. The largest absolute Gasteiger partial charge is 0.478 e. The van der Waals surface area contributed by atoms with Crippen LogP contribution >= 0.6 is 23.2 Å². The number of aromatic carboxylic acids is 1. The van der Waals surface area contributed by atoms with Crippen molar-refractivity contribution in [1.29, 1.82) is 0 Å². The summed E-state index contributed by atoms with van der Waals surface area (Å²) in [6.07, 6.45) is 4.63. The Labute approximate surface area is 202 Å². The van der Waals surface area contributed by atoms with E-state index < -0.39 is 5.97 Å². The van der Waals surface area contributed by atoms with Gasteiger partial charge in [-0.2, -0.15) is 0 Å². The van der Waals surface area contributed by atoms with E-state index in [4.69, 9.17) is 37.6 Å². The quantitative estimate of drug-likeness (QED) is 0.263. The zero-order valence-electron chi connectivity index (χ0n) is 17.9. The first-order chi connectivity index (χ1) is 16.0. The third-order valence-corrected chi connectivity index (χ3v) is 6.03. The fourth-order valence-electron chi connectivity index (χ4n) is 3.53. The number of aromatic nitrogens is 1. The normalized spacial score (nSPS) is 12.9. The first kappa shape index (κ1) is 23.4. The second-order valence-corrected chi connectivity index (χ2v) is 8.76. The Bertz CT molecular complexity index is 1180. The smallest absolute Gasteiger partial charge is 0.335 e. The molecule has 0 unspecified atom stereocenters. The van der Waals surface area contributed by atoms with E-state index in [0.29, 0.717) is 52.4 Å². The number of halogens is 2. The third-order valence-electron chi connectivity index (χ3n) is 5.40. The van der Waals surface area contributed by atoms with Crippen LogP contribution < -0.4 is 0 Å². The fraction of sp³-hybridized carbons (Fsp3) is 0.308. The highest BCUT2D eigenvalue weighted by Gasteiger charge is 2.33. The molecule has 1 saturated carbocycles. The number of hydrogen-bond acceptors (Lipinski definition) is 4. The van der Waals surface area contributed by atoms with Crippen LogP contribution in [0.15, 0.2) is 47.0 Å². The lowest BCUT2D eigenvalue weighted by molar-refractivity contribution is 0.0697. The van der Waals surface area contributed by atoms with E-state index in [1.54, 1.807) is 36.4 Å². The van der Waals surface area contributed by atoms with Crippen LogP contribution in [0.4, 0.5) is 0 Å². The van der Waals surface area contributed by atoms with E-state index in [1.165, 1.54) is 0 Å². The molecule has 2 aromatic carbocycles. The maximum absolute atomic E-state index is 11.0. The minimum Gasteiger partial charge on any atom is -0.478 e. The molecule has 4 rings (SSSR count). The van der Waals surface area contributed by atoms with E-state index in [9.17, 15) is 4.79 Å². The number of carboxylic acids is 1. The SMILES string of the molecule is O=C(O)c1cccc(C#CCCCCOCc2c(-c3c(Cl)cccc3Cl)noc2C2CC2)c1. The molecule has 0 atom stereocenters. The van der Waals surface area contributed by atoms with Gasteiger partial charge in [-0.05, 0) is 56.0 Å². The van der Waals surface area contributed by atoms with Gasteiger partial charge in [-0.25, -0.2) is 4.79 Å². The first-order valence-corrected chi connectivity index (χ1v) is 11.6. The molecule has 1 aromatic heterocycles. The summed E-state index contributed by atoms with van der Waals surface area (Å²) in [5.74, 6) is 6.42. The maximum Gasteiger partial charge on any atom is 0.335 e. The molecule has 1 aliphatic carbocycles. The van der Waals surface area contributed by atoms with Gasteiger partial charge in [-0.3, -0.25) is 0 Å². The van der Waals surface area contributed by atoms with Gasteiger partial charge in [0.25, 0.3) is 0 Å². The molecule has 0 amide bonds. The molecule has 0 aliphatic heterocycles. The second-order valence-electron chi connectivity index (χ2n) is 7.94. The van der Waals surface area contributed by atoms with Crippen LogP contribution in [0.25, 0.3) is 11.3 Å². The number of hydrogen-bond donors (Lipinski definition) is 1. The third kappa shape index (κ3) is 5.97. The summed E-state index contributed by atoms with van der Waals surface area (Å²) in [6.45, 7) is 0.973. The van der Waals surface area contributed by atoms with Crippen LogP contribution in [0.5, 0.6) is 0 Å². The van der Waals surface area contributed by atoms with Crippen LogP contribution in [0.2, 0.25) is 10.0 Å². The monoisotopic (exact) mass is 483 g/mol. The van der Waals surface area contributed by atoms with Gasteiger partial charge in [0.05, 0.1) is 22.2 Å². The maximum atomic E-state index is 11.0. The van der Waals surface area contributed by atoms with Crippen molar-refractivity contribution in [2.75, 3.05) is 6.61 Å². The molecule has 0 radical (unpaired) electrons. The lowest BCUT2D eigenvalue weighted by atomic mass is 10.0. The number of carbonyl (C=O) groups is 1. The van der Waals surface area contributed by atoms with E-state index in [1.807, 2.05) is 6.07 Å². The Morgan fingerprint density at radius 2 is 1.91 bits per heavy atom. The van der Waals surface area contributed by atoms with Gasteiger partial charge in [0, 0.05) is 35.6 Å². The van der Waals surface area contributed by atoms with Gasteiger partial charge >= 0.3 is 5.97 Å². The number of ether oxygens (including phenoxy) is 1. The molecule has 33 heavy (non-hydrogen) atoms. The van der Waals surface area contributed by atoms with Crippen molar-refractivity contribution in [2.45, 2.75) is 44.6 Å². The molecule has 1 heterocycles. The summed E-state index contributed by atoms with van der Waals surface area (Å²) in [4.78, 5) is 11.0. The average Bonchev–Trinajstić information content (AvgIpc) is 3.56. The predicted octanol–water partition coefficient (Wildman–Crippen LogP) is 6.96. The number of carboxylic acid groups (broad SMARTS) is 1. The van der Waals surface area contributed by atoms with Crippen molar-refractivity contribution in [3.63, 3.8) is 0 Å². The molecule has 1 N–H and O–H groups in total. The molecule has 5 nitrogen and oxygen atoms in total. The zero-order valence-corrected chi connectivity index (χ0v) is 19.5. The molecular weight excluding hydrogens is 461 g/mol. The van der Waals surface area contributed by atoms with E-state index in [0.717, 1.165) is 37.0 Å². The second kappa shape index (κ2) is 10.9. The van der Waals surface area contributed by atoms with Gasteiger partial charge in [-0.15, -0.1) is 0 Å². The topological polar surface area (TPSA) is 72.6 Å². The van der Waals surface area contributed by atoms with Gasteiger partial charge in [0.15, 0.2) is 0 Å². The van der Waals surface area contributed by atoms with E-state index in [-0.39, 0.29) is 5.56 Å². The lowest BCUT2D eigenvalue weighted by Gasteiger charge is -2.08. The molecule has 0 saturated heterocycles. The Morgan fingerprint density at radius 1 is 1.15 bits per heavy atom. The minimum atomic E-state index is -0.951. The summed E-state index contributed by atoms with van der Waals surface area (Å²) in [5, 5.41) is 14.4. The number of nitrogens with zero attached hydrogens (tertiary/aromatic N) is 1. The zero-order chi connectivity index (χ0) is 23.2. The Morgan fingerprint density at radius 3 is 2.64 bits per heavy atom. The Balaban J connectivity index is 1.30. The number of rotatable bonds is 9. The van der Waals surface area contributed by atoms with Gasteiger partial charge < -0.3 is 14.4 Å². The van der Waals surface area contributed by atoms with Crippen LogP contribution in [-0.2, 0) is 11.3 Å². The molecule has 0 bridgehead atoms. The molecule has 3 aromatic rings. The highest BCUT2D eigenvalue weighted by Crippen LogP contribution is 2.46. The van der Waals surface area contributed by atoms with Crippen molar-refractivity contribution in [2.24, 2.45) is 0 Å². The summed E-state index contributed by atoms with van der Waals surface area (Å²) in [6, 6.07) is 12.0. The summed E-state index contributed by atoms with van der Waals surface area (Å²) >= 11 is 12.8. The molecule has 7 heteroatoms. The lowest BCUT2D eigenvalue weighted by Crippen LogP contribution is -1.99. The number of benzene rings is 2. The average molecular weight is 484 g/mol. The van der Waals surface area contributed by atoms with Crippen LogP contribution in [0.1, 0.15) is 65.3 Å². The van der Waals surface area contributed by atoms with Gasteiger partial charge in [0.1, 0.15) is 11.5 Å². The molecular formula is C26H23Cl2NO4. The van der Waals surface area contributed by atoms with Crippen molar-refractivity contribution in [3.8, 4) is 23.1 Å². The standard InChI is InChI=1S/C26H23Cl2NO4/c27-21-10-6-11-22(28)23(21)24-20(25(33-29-24)18-12-13-18)16-32-14-4-2-1-3-7-17-8-5-9-19(15-17)26(30)31/h5-6,8-11,15,18H,1-2,4,12-14,16H2,(H,30,31). The van der Waals surface area contributed by atoms with Crippen molar-refractivity contribution in [1.82, 2.24) is 5.16 Å². The van der Waals surface area contributed by atoms with Crippen molar-refractivity contribution < 1.29 is 19.2 Å². The van der Waals surface area contributed by atoms with Crippen LogP contribution in [0.3, 0.4) is 0 Å². The summed E-state index contributed by atoms with van der Waals surface area (Å²) in [5.41, 5.74) is 3.20. The molecule has 1 fully saturated rings. The van der Waals surface area contributed by atoms with Gasteiger partial charge in [0.2, 0.25) is 0 Å². The Kier molecular flexibility index (Phi) is 7.72. The number of unbranched alkanes of at least 4 members (excludes halogenated alkanes) is 2. The Hall–Kier alpha value is -2.78. The van der Waals surface area contributed by atoms with Crippen LogP contribution in [0, 0.1) is 11.8 Å². The van der Waals surface area contributed by atoms with Crippen LogP contribution in [-0.4, -0.2) is 22.8 Å². The highest BCUT2D eigenvalue weighted by molar-refractivity contribution is 6.39. The predicted molar refractivity (Wildman–Crippen MR) is 128 cm³/mol. The minimum absolute atomic E-state index is 0.243. The molecule has 1 aliphatic rings. The first-order valence-electron chi connectivity index (χ1n) is 10.9. The van der Waals surface area contributed by atoms with E-state index in [2.05, 4.69) is 17.0 Å². The highest BCUT2D eigenvalue weighted by atomic mass is 35.5. The summed E-state index contributed by atoms with van der Waals surface area (Å²) < 4.78 is 11.6.